The molecule has 1 N–H and O–H groups in total. The van der Waals surface area contributed by atoms with Crippen LogP contribution in [0.4, 0.5) is 0 Å². The Hall–Kier alpha value is -3.64. The van der Waals surface area contributed by atoms with Crippen molar-refractivity contribution in [3.05, 3.63) is 89.3 Å². The van der Waals surface area contributed by atoms with Crippen LogP contribution in [-0.2, 0) is 16.1 Å². The first-order chi connectivity index (χ1) is 18.0. The number of hydrogen-bond donors (Lipinski definition) is 1. The standard InChI is InChI=1S/C30H30ClN3O3/c1-37-30(36)22-9-7-20(8-10-22)17-33-29(35)27-16-25(31)15-23-13-14-34(28(23)27)19-26-12-11-24(18-32-26)21-5-3-2-4-6-21/h2-6,11-16,18,20,22H,7-10,17,19H2,1H3,(H,33,35)/t20-,22-. The van der Waals surface area contributed by atoms with E-state index >= 15 is 0 Å². The minimum Gasteiger partial charge on any atom is -0.469 e. The van der Waals surface area contributed by atoms with Crippen LogP contribution in [0.15, 0.2) is 73.1 Å². The topological polar surface area (TPSA) is 73.2 Å². The van der Waals surface area contributed by atoms with Crippen molar-refractivity contribution < 1.29 is 14.3 Å². The molecule has 190 valence electrons. The lowest BCUT2D eigenvalue weighted by atomic mass is 9.82. The third kappa shape index (κ3) is 5.70. The van der Waals surface area contributed by atoms with Gasteiger partial charge in [0.1, 0.15) is 0 Å². The van der Waals surface area contributed by atoms with Crippen molar-refractivity contribution in [1.82, 2.24) is 14.9 Å². The number of amides is 1. The van der Waals surface area contributed by atoms with Gasteiger partial charge in [-0.15, -0.1) is 0 Å². The number of aromatic nitrogens is 2. The number of carbonyl (C=O) groups excluding carboxylic acids is 2. The lowest BCUT2D eigenvalue weighted by Crippen LogP contribution is -2.33. The summed E-state index contributed by atoms with van der Waals surface area (Å²) in [6.45, 7) is 1.11. The van der Waals surface area contributed by atoms with E-state index in [1.165, 1.54) is 7.11 Å². The third-order valence-corrected chi connectivity index (χ3v) is 7.49. The molecular formula is C30H30ClN3O3. The van der Waals surface area contributed by atoms with Gasteiger partial charge in [-0.1, -0.05) is 48.0 Å². The molecule has 2 heterocycles. The number of fused-ring (bicyclic) bond motifs is 1. The van der Waals surface area contributed by atoms with Gasteiger partial charge in [0.15, 0.2) is 0 Å². The SMILES string of the molecule is COC(=O)[C@H]1CC[C@H](CNC(=O)c2cc(Cl)cc3ccn(Cc4ccc(-c5ccccc5)cn4)c23)CC1. The van der Waals surface area contributed by atoms with E-state index in [1.54, 1.807) is 6.07 Å². The molecule has 0 radical (unpaired) electrons. The number of benzene rings is 2. The zero-order chi connectivity index (χ0) is 25.8. The fourth-order valence-electron chi connectivity index (χ4n) is 5.21. The van der Waals surface area contributed by atoms with Crippen molar-refractivity contribution >= 4 is 34.4 Å². The number of carbonyl (C=O) groups is 2. The van der Waals surface area contributed by atoms with Crippen molar-refractivity contribution in [3.8, 4) is 11.1 Å². The summed E-state index contributed by atoms with van der Waals surface area (Å²) in [7, 11) is 1.44. The number of methoxy groups -OCH3 is 1. The molecule has 0 unspecified atom stereocenters. The molecule has 5 rings (SSSR count). The smallest absolute Gasteiger partial charge is 0.308 e. The quantitative estimate of drug-likeness (QED) is 0.301. The largest absolute Gasteiger partial charge is 0.469 e. The Morgan fingerprint density at radius 3 is 2.51 bits per heavy atom. The molecule has 37 heavy (non-hydrogen) atoms. The van der Waals surface area contributed by atoms with Gasteiger partial charge in [-0.05, 0) is 61.4 Å². The third-order valence-electron chi connectivity index (χ3n) is 7.27. The average molecular weight is 516 g/mol. The maximum absolute atomic E-state index is 13.3. The maximum atomic E-state index is 13.3. The van der Waals surface area contributed by atoms with Gasteiger partial charge in [-0.3, -0.25) is 14.6 Å². The highest BCUT2D eigenvalue weighted by Crippen LogP contribution is 2.30. The molecule has 1 saturated carbocycles. The summed E-state index contributed by atoms with van der Waals surface area (Å²) in [6.07, 6.45) is 7.24. The molecule has 1 aliphatic rings. The van der Waals surface area contributed by atoms with Crippen LogP contribution < -0.4 is 5.32 Å². The van der Waals surface area contributed by atoms with E-state index in [9.17, 15) is 9.59 Å². The summed E-state index contributed by atoms with van der Waals surface area (Å²) in [6, 6.07) is 19.8. The molecule has 6 nitrogen and oxygen atoms in total. The van der Waals surface area contributed by atoms with Crippen LogP contribution in [0.25, 0.3) is 22.0 Å². The Morgan fingerprint density at radius 1 is 1.03 bits per heavy atom. The molecular weight excluding hydrogens is 486 g/mol. The van der Waals surface area contributed by atoms with E-state index in [-0.39, 0.29) is 17.8 Å². The summed E-state index contributed by atoms with van der Waals surface area (Å²) in [5, 5.41) is 4.55. The molecule has 2 aromatic heterocycles. The van der Waals surface area contributed by atoms with Crippen molar-refractivity contribution in [1.29, 1.82) is 0 Å². The molecule has 0 aliphatic heterocycles. The normalized spacial score (nSPS) is 17.5. The van der Waals surface area contributed by atoms with Crippen LogP contribution in [0.5, 0.6) is 0 Å². The molecule has 0 atom stereocenters. The van der Waals surface area contributed by atoms with Crippen LogP contribution in [-0.4, -0.2) is 35.1 Å². The second-order valence-electron chi connectivity index (χ2n) is 9.69. The van der Waals surface area contributed by atoms with Gasteiger partial charge in [0.25, 0.3) is 5.91 Å². The number of nitrogens with one attached hydrogen (secondary N) is 1. The number of rotatable bonds is 7. The predicted octanol–water partition coefficient (Wildman–Crippen LogP) is 6.11. The minimum absolute atomic E-state index is 0.0249. The second kappa shape index (κ2) is 11.2. The van der Waals surface area contributed by atoms with Gasteiger partial charge in [-0.2, -0.15) is 0 Å². The zero-order valence-corrected chi connectivity index (χ0v) is 21.6. The second-order valence-corrected chi connectivity index (χ2v) is 10.1. The van der Waals surface area contributed by atoms with Gasteiger partial charge >= 0.3 is 5.97 Å². The number of hydrogen-bond acceptors (Lipinski definition) is 4. The summed E-state index contributed by atoms with van der Waals surface area (Å²) < 4.78 is 6.93. The van der Waals surface area contributed by atoms with Crippen LogP contribution in [0.3, 0.4) is 0 Å². The molecule has 4 aromatic rings. The van der Waals surface area contributed by atoms with Crippen LogP contribution in [0, 0.1) is 11.8 Å². The van der Waals surface area contributed by atoms with Gasteiger partial charge in [-0.25, -0.2) is 0 Å². The van der Waals surface area contributed by atoms with Crippen molar-refractivity contribution in [2.75, 3.05) is 13.7 Å². The van der Waals surface area contributed by atoms with E-state index in [4.69, 9.17) is 16.3 Å². The number of ether oxygens (including phenoxy) is 1. The molecule has 0 bridgehead atoms. The first-order valence-corrected chi connectivity index (χ1v) is 13.0. The monoisotopic (exact) mass is 515 g/mol. The van der Waals surface area contributed by atoms with E-state index in [0.717, 1.165) is 53.4 Å². The van der Waals surface area contributed by atoms with Crippen LogP contribution in [0.1, 0.15) is 41.7 Å². The lowest BCUT2D eigenvalue weighted by molar-refractivity contribution is -0.146. The summed E-state index contributed by atoms with van der Waals surface area (Å²) in [4.78, 5) is 29.8. The molecule has 7 heteroatoms. The van der Waals surface area contributed by atoms with E-state index in [0.29, 0.717) is 29.6 Å². The van der Waals surface area contributed by atoms with E-state index in [1.807, 2.05) is 53.4 Å². The Labute approximate surface area is 221 Å². The maximum Gasteiger partial charge on any atom is 0.308 e. The average Bonchev–Trinajstić information content (AvgIpc) is 3.34. The first kappa shape index (κ1) is 25.0. The Bertz CT molecular complexity index is 1390. The Balaban J connectivity index is 1.30. The minimum atomic E-state index is -0.144. The number of nitrogens with zero attached hydrogens (tertiary/aromatic N) is 2. The molecule has 1 fully saturated rings. The Morgan fingerprint density at radius 2 is 1.81 bits per heavy atom. The van der Waals surface area contributed by atoms with Gasteiger partial charge in [0.05, 0.1) is 36.3 Å². The molecule has 2 aromatic carbocycles. The van der Waals surface area contributed by atoms with E-state index < -0.39 is 0 Å². The first-order valence-electron chi connectivity index (χ1n) is 12.7. The highest BCUT2D eigenvalue weighted by Gasteiger charge is 2.27. The predicted molar refractivity (Wildman–Crippen MR) is 146 cm³/mol. The number of pyridine rings is 1. The Kier molecular flexibility index (Phi) is 7.56. The fourth-order valence-corrected chi connectivity index (χ4v) is 5.44. The van der Waals surface area contributed by atoms with Crippen molar-refractivity contribution in [3.63, 3.8) is 0 Å². The van der Waals surface area contributed by atoms with Gasteiger partial charge in [0.2, 0.25) is 0 Å². The van der Waals surface area contributed by atoms with Crippen molar-refractivity contribution in [2.45, 2.75) is 32.2 Å². The lowest BCUT2D eigenvalue weighted by Gasteiger charge is -2.27. The molecule has 0 saturated heterocycles. The summed E-state index contributed by atoms with van der Waals surface area (Å²) >= 11 is 6.38. The molecule has 1 aliphatic carbocycles. The molecule has 1 amide bonds. The number of halogens is 1. The van der Waals surface area contributed by atoms with Crippen LogP contribution in [0.2, 0.25) is 5.02 Å². The summed E-state index contributed by atoms with van der Waals surface area (Å²) in [5.74, 6) is 0.0467. The van der Waals surface area contributed by atoms with Crippen molar-refractivity contribution in [2.24, 2.45) is 11.8 Å². The highest BCUT2D eigenvalue weighted by atomic mass is 35.5. The summed E-state index contributed by atoms with van der Waals surface area (Å²) in [5.41, 5.74) is 4.48. The zero-order valence-electron chi connectivity index (χ0n) is 20.8. The molecule has 0 spiro atoms. The van der Waals surface area contributed by atoms with Gasteiger partial charge < -0.3 is 14.6 Å². The number of esters is 1. The van der Waals surface area contributed by atoms with Gasteiger partial charge in [0, 0.05) is 34.9 Å². The highest BCUT2D eigenvalue weighted by molar-refractivity contribution is 6.32. The van der Waals surface area contributed by atoms with Crippen LogP contribution >= 0.6 is 11.6 Å². The van der Waals surface area contributed by atoms with E-state index in [2.05, 4.69) is 28.5 Å². The fraction of sp³-hybridized carbons (Fsp3) is 0.300.